The summed E-state index contributed by atoms with van der Waals surface area (Å²) < 4.78 is 26.6. The van der Waals surface area contributed by atoms with Gasteiger partial charge in [0.15, 0.2) is 5.13 Å². The van der Waals surface area contributed by atoms with Gasteiger partial charge in [-0.3, -0.25) is 14.5 Å². The maximum atomic E-state index is 15.1. The molecule has 0 saturated carbocycles. The molecule has 1 saturated heterocycles. The van der Waals surface area contributed by atoms with E-state index in [1.807, 2.05) is 6.92 Å². The van der Waals surface area contributed by atoms with Gasteiger partial charge in [0.05, 0.1) is 29.5 Å². The maximum Gasteiger partial charge on any atom is 0.301 e. The number of aliphatic hydroxyl groups excluding tert-OH is 1. The number of hydrogen-bond donors (Lipinski definition) is 1. The molecule has 5 rings (SSSR count). The fourth-order valence-electron chi connectivity index (χ4n) is 4.20. The van der Waals surface area contributed by atoms with E-state index in [-0.39, 0.29) is 21.8 Å². The van der Waals surface area contributed by atoms with E-state index in [4.69, 9.17) is 9.47 Å². The van der Waals surface area contributed by atoms with Crippen molar-refractivity contribution in [1.29, 1.82) is 0 Å². The molecule has 2 heterocycles. The van der Waals surface area contributed by atoms with Crippen molar-refractivity contribution in [3.8, 4) is 11.5 Å². The molecule has 3 aromatic carbocycles. The fourth-order valence-corrected chi connectivity index (χ4v) is 5.22. The first-order valence-corrected chi connectivity index (χ1v) is 12.0. The average molecular weight is 505 g/mol. The van der Waals surface area contributed by atoms with E-state index >= 15 is 4.39 Å². The number of benzene rings is 3. The van der Waals surface area contributed by atoms with Crippen LogP contribution in [0.15, 0.2) is 72.3 Å². The first-order valence-electron chi connectivity index (χ1n) is 11.2. The highest BCUT2D eigenvalue weighted by Gasteiger charge is 2.49. The van der Waals surface area contributed by atoms with E-state index in [0.29, 0.717) is 23.6 Å². The van der Waals surface area contributed by atoms with Crippen molar-refractivity contribution < 1.29 is 28.6 Å². The molecular formula is C27H21FN2O5S. The minimum Gasteiger partial charge on any atom is -0.507 e. The number of nitrogens with zero attached hydrogens (tertiary/aromatic N) is 2. The molecule has 7 nitrogen and oxygen atoms in total. The summed E-state index contributed by atoms with van der Waals surface area (Å²) in [5.74, 6) is -1.78. The van der Waals surface area contributed by atoms with E-state index in [1.54, 1.807) is 55.6 Å². The number of hydrogen-bond acceptors (Lipinski definition) is 7. The Hall–Kier alpha value is -4.24. The Morgan fingerprint density at radius 3 is 2.64 bits per heavy atom. The van der Waals surface area contributed by atoms with Gasteiger partial charge in [-0.1, -0.05) is 41.7 Å². The molecule has 1 amide bonds. The Bertz CT molecular complexity index is 1530. The molecule has 36 heavy (non-hydrogen) atoms. The second kappa shape index (κ2) is 9.43. The lowest BCUT2D eigenvalue weighted by Crippen LogP contribution is -2.29. The van der Waals surface area contributed by atoms with Crippen molar-refractivity contribution in [1.82, 2.24) is 4.98 Å². The first-order chi connectivity index (χ1) is 17.4. The number of carbonyl (C=O) groups is 2. The standard InChI is InChI=1S/C27H21FN2O5S/c1-3-35-17-8-6-7-15(13-17)24(31)22-23(18-9-4-5-10-19(18)28)30(26(33)25(22)32)27-29-20-12-11-16(34-2)14-21(20)36-27/h4-14,23,31H,3H2,1-2H3. The molecule has 0 bridgehead atoms. The Labute approximate surface area is 210 Å². The Morgan fingerprint density at radius 2 is 1.89 bits per heavy atom. The SMILES string of the molecule is CCOc1cccc(C(O)=C2C(=O)C(=O)N(c3nc4ccc(OC)cc4s3)C2c2ccccc2F)c1. The second-order valence-corrected chi connectivity index (χ2v) is 8.99. The largest absolute Gasteiger partial charge is 0.507 e. The van der Waals surface area contributed by atoms with Crippen LogP contribution in [0.3, 0.4) is 0 Å². The fraction of sp³-hybridized carbons (Fsp3) is 0.148. The summed E-state index contributed by atoms with van der Waals surface area (Å²) in [4.78, 5) is 32.3. The summed E-state index contributed by atoms with van der Waals surface area (Å²) in [6.07, 6.45) is 0. The van der Waals surface area contributed by atoms with Crippen LogP contribution in [0.2, 0.25) is 0 Å². The normalized spacial score (nSPS) is 17.1. The molecule has 0 spiro atoms. The predicted octanol–water partition coefficient (Wildman–Crippen LogP) is 5.47. The maximum absolute atomic E-state index is 15.1. The van der Waals surface area contributed by atoms with Crippen molar-refractivity contribution in [2.45, 2.75) is 13.0 Å². The van der Waals surface area contributed by atoms with Gasteiger partial charge in [0.2, 0.25) is 0 Å². The predicted molar refractivity (Wildman–Crippen MR) is 135 cm³/mol. The molecular weight excluding hydrogens is 483 g/mol. The van der Waals surface area contributed by atoms with E-state index in [1.165, 1.54) is 29.5 Å². The Morgan fingerprint density at radius 1 is 1.08 bits per heavy atom. The zero-order chi connectivity index (χ0) is 25.4. The van der Waals surface area contributed by atoms with Gasteiger partial charge in [0, 0.05) is 11.1 Å². The summed E-state index contributed by atoms with van der Waals surface area (Å²) in [5.41, 5.74) is 0.704. The molecule has 1 fully saturated rings. The van der Waals surface area contributed by atoms with Crippen molar-refractivity contribution in [3.63, 3.8) is 0 Å². The van der Waals surface area contributed by atoms with Crippen molar-refractivity contribution in [3.05, 3.63) is 89.2 Å². The molecule has 1 unspecified atom stereocenters. The van der Waals surface area contributed by atoms with Gasteiger partial charge in [-0.25, -0.2) is 9.37 Å². The van der Waals surface area contributed by atoms with Crippen LogP contribution in [-0.4, -0.2) is 35.5 Å². The summed E-state index contributed by atoms with van der Waals surface area (Å²) in [7, 11) is 1.54. The number of aliphatic hydroxyl groups is 1. The number of carbonyl (C=O) groups excluding carboxylic acids is 2. The molecule has 0 aliphatic carbocycles. The lowest BCUT2D eigenvalue weighted by Gasteiger charge is -2.23. The lowest BCUT2D eigenvalue weighted by atomic mass is 9.95. The molecule has 9 heteroatoms. The van der Waals surface area contributed by atoms with Crippen LogP contribution in [-0.2, 0) is 9.59 Å². The number of aromatic nitrogens is 1. The van der Waals surface area contributed by atoms with Gasteiger partial charge in [-0.15, -0.1) is 0 Å². The van der Waals surface area contributed by atoms with Crippen molar-refractivity contribution in [2.24, 2.45) is 0 Å². The highest BCUT2D eigenvalue weighted by molar-refractivity contribution is 7.22. The van der Waals surface area contributed by atoms with Gasteiger partial charge < -0.3 is 14.6 Å². The Balaban J connectivity index is 1.72. The first kappa shape index (κ1) is 23.5. The van der Waals surface area contributed by atoms with Crippen LogP contribution in [0.1, 0.15) is 24.1 Å². The van der Waals surface area contributed by atoms with Gasteiger partial charge in [-0.2, -0.15) is 0 Å². The Kier molecular flexibility index (Phi) is 6.15. The van der Waals surface area contributed by atoms with Gasteiger partial charge in [0.25, 0.3) is 5.78 Å². The number of ketones is 1. The topological polar surface area (TPSA) is 89.0 Å². The molecule has 182 valence electrons. The molecule has 4 aromatic rings. The summed E-state index contributed by atoms with van der Waals surface area (Å²) in [5, 5.41) is 11.5. The van der Waals surface area contributed by atoms with Crippen LogP contribution < -0.4 is 14.4 Å². The van der Waals surface area contributed by atoms with Crippen LogP contribution in [0.5, 0.6) is 11.5 Å². The summed E-state index contributed by atoms with van der Waals surface area (Å²) in [6.45, 7) is 2.23. The number of fused-ring (bicyclic) bond motifs is 1. The van der Waals surface area contributed by atoms with Crippen LogP contribution in [0.4, 0.5) is 9.52 Å². The van der Waals surface area contributed by atoms with Crippen LogP contribution in [0, 0.1) is 5.82 Å². The molecule has 1 aliphatic rings. The van der Waals surface area contributed by atoms with Crippen LogP contribution >= 0.6 is 11.3 Å². The molecule has 0 radical (unpaired) electrons. The van der Waals surface area contributed by atoms with Gasteiger partial charge in [0.1, 0.15) is 29.1 Å². The molecule has 1 aliphatic heterocycles. The highest BCUT2D eigenvalue weighted by Crippen LogP contribution is 2.45. The number of Topliss-reactive ketones (excluding diaryl/α,β-unsaturated/α-hetero) is 1. The minimum absolute atomic E-state index is 0.0658. The lowest BCUT2D eigenvalue weighted by molar-refractivity contribution is -0.132. The number of amides is 1. The monoisotopic (exact) mass is 504 g/mol. The van der Waals surface area contributed by atoms with Gasteiger partial charge in [-0.05, 0) is 43.3 Å². The van der Waals surface area contributed by atoms with E-state index < -0.39 is 29.3 Å². The number of rotatable bonds is 6. The third kappa shape index (κ3) is 3.97. The minimum atomic E-state index is -1.22. The smallest absolute Gasteiger partial charge is 0.301 e. The number of ether oxygens (including phenoxy) is 2. The molecule has 1 atom stereocenters. The van der Waals surface area contributed by atoms with E-state index in [2.05, 4.69) is 4.98 Å². The van der Waals surface area contributed by atoms with Crippen molar-refractivity contribution >= 4 is 44.1 Å². The van der Waals surface area contributed by atoms with E-state index in [0.717, 1.165) is 9.60 Å². The van der Waals surface area contributed by atoms with Crippen molar-refractivity contribution in [2.75, 3.05) is 18.6 Å². The summed E-state index contributed by atoms with van der Waals surface area (Å²) in [6, 6.07) is 16.4. The highest BCUT2D eigenvalue weighted by atomic mass is 32.1. The third-order valence-electron chi connectivity index (χ3n) is 5.85. The number of methoxy groups -OCH3 is 1. The number of anilines is 1. The molecule has 1 N–H and O–H groups in total. The third-order valence-corrected chi connectivity index (χ3v) is 6.87. The average Bonchev–Trinajstić information content (AvgIpc) is 3.42. The van der Waals surface area contributed by atoms with Crippen LogP contribution in [0.25, 0.3) is 16.0 Å². The van der Waals surface area contributed by atoms with E-state index in [9.17, 15) is 14.7 Å². The summed E-state index contributed by atoms with van der Waals surface area (Å²) >= 11 is 1.17. The number of thiazole rings is 1. The zero-order valence-electron chi connectivity index (χ0n) is 19.4. The van der Waals surface area contributed by atoms with Gasteiger partial charge >= 0.3 is 5.91 Å². The second-order valence-electron chi connectivity index (χ2n) is 7.98. The number of halogens is 1. The zero-order valence-corrected chi connectivity index (χ0v) is 20.2. The molecule has 1 aromatic heterocycles. The quantitative estimate of drug-likeness (QED) is 0.213.